The van der Waals surface area contributed by atoms with Crippen molar-refractivity contribution in [1.29, 1.82) is 0 Å². The third-order valence-corrected chi connectivity index (χ3v) is 3.53. The Bertz CT molecular complexity index is 460. The second-order valence-corrected chi connectivity index (χ2v) is 5.37. The summed E-state index contributed by atoms with van der Waals surface area (Å²) >= 11 is 0. The van der Waals surface area contributed by atoms with E-state index >= 15 is 0 Å². The van der Waals surface area contributed by atoms with Crippen LogP contribution in [0.1, 0.15) is 38.5 Å². The Labute approximate surface area is 133 Å². The van der Waals surface area contributed by atoms with Crippen molar-refractivity contribution in [1.82, 2.24) is 5.32 Å². The van der Waals surface area contributed by atoms with Gasteiger partial charge >= 0.3 is 17.9 Å². The van der Waals surface area contributed by atoms with Crippen LogP contribution in [-0.2, 0) is 28.7 Å². The van der Waals surface area contributed by atoms with E-state index in [9.17, 15) is 19.2 Å². The van der Waals surface area contributed by atoms with E-state index < -0.39 is 42.3 Å². The average molecular weight is 330 g/mol. The Morgan fingerprint density at radius 1 is 1.17 bits per heavy atom. The molecule has 0 saturated heterocycles. The molecule has 23 heavy (non-hydrogen) atoms. The molecule has 0 aliphatic heterocycles. The summed E-state index contributed by atoms with van der Waals surface area (Å²) in [5.74, 6) is -4.14. The number of ether oxygens (including phenoxy) is 2. The summed E-state index contributed by atoms with van der Waals surface area (Å²) in [5, 5.41) is 10.7. The quantitative estimate of drug-likeness (QED) is 0.411. The third kappa shape index (κ3) is 6.23. The van der Waals surface area contributed by atoms with Gasteiger partial charge in [-0.3, -0.25) is 9.59 Å². The number of carboxylic acids is 1. The molecule has 1 saturated carbocycles. The summed E-state index contributed by atoms with van der Waals surface area (Å²) in [7, 11) is 1.06. The van der Waals surface area contributed by atoms with E-state index in [1.807, 2.05) is 0 Å². The first-order valence-electron chi connectivity index (χ1n) is 7.41. The molecular weight excluding hydrogens is 308 g/mol. The summed E-state index contributed by atoms with van der Waals surface area (Å²) in [6, 6.07) is -3.04. The number of nitrogens with one attached hydrogen (secondary N) is 1. The van der Waals surface area contributed by atoms with Gasteiger partial charge in [0.15, 0.2) is 0 Å². The number of aliphatic carboxylic acids is 1. The average Bonchev–Trinajstić information content (AvgIpc) is 2.51. The summed E-state index contributed by atoms with van der Waals surface area (Å²) in [6.45, 7) is 0. The minimum Gasteiger partial charge on any atom is -0.481 e. The summed E-state index contributed by atoms with van der Waals surface area (Å²) in [6.07, 6.45) is 3.39. The van der Waals surface area contributed by atoms with Gasteiger partial charge in [-0.05, 0) is 25.7 Å². The van der Waals surface area contributed by atoms with Crippen LogP contribution < -0.4 is 11.1 Å². The number of carbonyl (C=O) groups is 4. The monoisotopic (exact) mass is 330 g/mol. The molecule has 0 bridgehead atoms. The highest BCUT2D eigenvalue weighted by atomic mass is 16.6. The number of nitrogens with two attached hydrogens (primary N) is 1. The molecule has 0 aromatic carbocycles. The van der Waals surface area contributed by atoms with Crippen molar-refractivity contribution in [2.24, 2.45) is 5.73 Å². The largest absolute Gasteiger partial charge is 0.481 e. The van der Waals surface area contributed by atoms with E-state index in [1.54, 1.807) is 0 Å². The summed E-state index contributed by atoms with van der Waals surface area (Å²) in [5.41, 5.74) is 5.40. The lowest BCUT2D eigenvalue weighted by atomic mass is 9.98. The number of amides is 1. The lowest BCUT2D eigenvalue weighted by Gasteiger charge is -2.24. The Hall–Kier alpha value is -2.16. The molecule has 0 aromatic heterocycles. The van der Waals surface area contributed by atoms with E-state index in [1.165, 1.54) is 0 Å². The number of carboxylic acid groups (broad SMARTS) is 1. The first-order valence-corrected chi connectivity index (χ1v) is 7.41. The predicted molar refractivity (Wildman–Crippen MR) is 77.1 cm³/mol. The van der Waals surface area contributed by atoms with Crippen molar-refractivity contribution in [2.45, 2.75) is 56.7 Å². The number of methoxy groups -OCH3 is 1. The second kappa shape index (κ2) is 9.09. The van der Waals surface area contributed by atoms with Gasteiger partial charge in [-0.2, -0.15) is 0 Å². The van der Waals surface area contributed by atoms with E-state index in [0.29, 0.717) is 12.8 Å². The van der Waals surface area contributed by atoms with Gasteiger partial charge in [0.2, 0.25) is 11.9 Å². The second-order valence-electron chi connectivity index (χ2n) is 5.37. The fraction of sp³-hybridized carbons (Fsp3) is 0.714. The van der Waals surface area contributed by atoms with Gasteiger partial charge in [0.05, 0.1) is 19.6 Å². The SMILES string of the molecule is COC(=O)[C@H](NC(=O)[C@H](N)CC(=O)O)C(=O)OC1CCCCC1. The first-order chi connectivity index (χ1) is 10.8. The van der Waals surface area contributed by atoms with Gasteiger partial charge in [-0.1, -0.05) is 6.42 Å². The molecule has 1 rings (SSSR count). The maximum absolute atomic E-state index is 12.1. The topological polar surface area (TPSA) is 145 Å². The molecule has 9 nitrogen and oxygen atoms in total. The van der Waals surface area contributed by atoms with Crippen LogP contribution in [0.15, 0.2) is 0 Å². The molecule has 4 N–H and O–H groups in total. The van der Waals surface area contributed by atoms with E-state index in [0.717, 1.165) is 26.4 Å². The Balaban J connectivity index is 2.67. The van der Waals surface area contributed by atoms with Crippen LogP contribution in [0.3, 0.4) is 0 Å². The van der Waals surface area contributed by atoms with Gasteiger partial charge in [-0.25, -0.2) is 9.59 Å². The van der Waals surface area contributed by atoms with Crippen molar-refractivity contribution in [2.75, 3.05) is 7.11 Å². The molecule has 1 amide bonds. The highest BCUT2D eigenvalue weighted by molar-refractivity contribution is 6.03. The van der Waals surface area contributed by atoms with Gasteiger partial charge in [0, 0.05) is 0 Å². The van der Waals surface area contributed by atoms with E-state index in [-0.39, 0.29) is 6.10 Å². The van der Waals surface area contributed by atoms with Gasteiger partial charge < -0.3 is 25.6 Å². The molecule has 2 atom stereocenters. The molecule has 0 radical (unpaired) electrons. The van der Waals surface area contributed by atoms with Crippen LogP contribution in [0.5, 0.6) is 0 Å². The maximum Gasteiger partial charge on any atom is 0.340 e. The van der Waals surface area contributed by atoms with Crippen molar-refractivity contribution in [3.8, 4) is 0 Å². The molecule has 0 unspecified atom stereocenters. The number of carbonyl (C=O) groups excluding carboxylic acids is 3. The van der Waals surface area contributed by atoms with Crippen LogP contribution >= 0.6 is 0 Å². The Morgan fingerprint density at radius 3 is 2.30 bits per heavy atom. The van der Waals surface area contributed by atoms with Crippen molar-refractivity contribution < 1.29 is 33.8 Å². The fourth-order valence-corrected chi connectivity index (χ4v) is 2.28. The van der Waals surface area contributed by atoms with Gasteiger partial charge in [0.25, 0.3) is 0 Å². The number of hydrogen-bond acceptors (Lipinski definition) is 7. The highest BCUT2D eigenvalue weighted by Gasteiger charge is 2.34. The minimum absolute atomic E-state index is 0.298. The van der Waals surface area contributed by atoms with Gasteiger partial charge in [-0.15, -0.1) is 0 Å². The minimum atomic E-state index is -1.66. The number of rotatable bonds is 7. The number of hydrogen-bond donors (Lipinski definition) is 3. The lowest BCUT2D eigenvalue weighted by molar-refractivity contribution is -0.162. The van der Waals surface area contributed by atoms with Crippen molar-refractivity contribution in [3.05, 3.63) is 0 Å². The van der Waals surface area contributed by atoms with E-state index in [4.69, 9.17) is 15.6 Å². The molecule has 0 heterocycles. The maximum atomic E-state index is 12.1. The Kier molecular flexibility index (Phi) is 7.46. The van der Waals surface area contributed by atoms with Crippen LogP contribution in [0.2, 0.25) is 0 Å². The van der Waals surface area contributed by atoms with Gasteiger partial charge in [0.1, 0.15) is 6.10 Å². The Morgan fingerprint density at radius 2 is 1.78 bits per heavy atom. The zero-order chi connectivity index (χ0) is 17.4. The molecule has 1 aliphatic rings. The first kappa shape index (κ1) is 18.9. The zero-order valence-electron chi connectivity index (χ0n) is 12.9. The van der Waals surface area contributed by atoms with Crippen LogP contribution in [0.4, 0.5) is 0 Å². The number of esters is 2. The molecule has 0 spiro atoms. The van der Waals surface area contributed by atoms with Crippen LogP contribution in [0.25, 0.3) is 0 Å². The van der Waals surface area contributed by atoms with E-state index in [2.05, 4.69) is 10.1 Å². The fourth-order valence-electron chi connectivity index (χ4n) is 2.28. The normalized spacial score (nSPS) is 17.7. The molecule has 1 fully saturated rings. The highest BCUT2D eigenvalue weighted by Crippen LogP contribution is 2.20. The van der Waals surface area contributed by atoms with Crippen molar-refractivity contribution >= 4 is 23.8 Å². The predicted octanol–water partition coefficient (Wildman–Crippen LogP) is -0.678. The molecule has 0 aromatic rings. The zero-order valence-corrected chi connectivity index (χ0v) is 12.9. The van der Waals surface area contributed by atoms with Crippen molar-refractivity contribution in [3.63, 3.8) is 0 Å². The summed E-state index contributed by atoms with van der Waals surface area (Å²) < 4.78 is 9.70. The molecule has 1 aliphatic carbocycles. The molecule has 130 valence electrons. The molecule has 9 heteroatoms. The van der Waals surface area contributed by atoms with Crippen LogP contribution in [0, 0.1) is 0 Å². The standard InChI is InChI=1S/C14H22N2O7/c1-22-13(20)11(16-12(19)9(15)7-10(17)18)14(21)23-8-5-3-2-4-6-8/h8-9,11H,2-7,15H2,1H3,(H,16,19)(H,17,18)/t9-,11+/m1/s1. The lowest BCUT2D eigenvalue weighted by Crippen LogP contribution is -2.53. The molecular formula is C14H22N2O7. The third-order valence-electron chi connectivity index (χ3n) is 3.53. The summed E-state index contributed by atoms with van der Waals surface area (Å²) in [4.78, 5) is 46.1. The smallest absolute Gasteiger partial charge is 0.340 e. The van der Waals surface area contributed by atoms with Crippen LogP contribution in [-0.4, -0.2) is 54.2 Å².